The van der Waals surface area contributed by atoms with E-state index in [0.29, 0.717) is 0 Å². The maximum absolute atomic E-state index is 10.1. The van der Waals surface area contributed by atoms with Crippen molar-refractivity contribution in [1.29, 1.82) is 0 Å². The molecule has 2 aliphatic rings. The van der Waals surface area contributed by atoms with E-state index < -0.39 is 73.3 Å². The van der Waals surface area contributed by atoms with E-state index in [-0.39, 0.29) is 0 Å². The molecule has 0 aliphatic carbocycles. The first-order valence-electron chi connectivity index (χ1n) is 7.04. The molecule has 136 valence electrons. The van der Waals surface area contributed by atoms with Crippen molar-refractivity contribution in [2.45, 2.75) is 60.1 Å². The van der Waals surface area contributed by atoms with E-state index >= 15 is 0 Å². The quantitative estimate of drug-likeness (QED) is 0.229. The molecule has 7 N–H and O–H groups in total. The molecule has 0 amide bonds. The Labute approximate surface area is 140 Å². The van der Waals surface area contributed by atoms with Gasteiger partial charge in [-0.05, 0) is 0 Å². The molecule has 0 spiro atoms. The third kappa shape index (κ3) is 3.85. The third-order valence-electron chi connectivity index (χ3n) is 3.94. The lowest BCUT2D eigenvalue weighted by Gasteiger charge is -2.45. The maximum atomic E-state index is 10.1. The number of halogens is 1. The monoisotopic (exact) mass is 404 g/mol. The molecule has 2 saturated heterocycles. The van der Waals surface area contributed by atoms with E-state index in [2.05, 4.69) is 15.9 Å². The number of rotatable bonds is 4. The Morgan fingerprint density at radius 3 is 1.96 bits per heavy atom. The fourth-order valence-corrected chi connectivity index (χ4v) is 2.98. The van der Waals surface area contributed by atoms with E-state index in [0.717, 1.165) is 0 Å². The van der Waals surface area contributed by atoms with Crippen LogP contribution in [0, 0.1) is 0 Å². The van der Waals surface area contributed by atoms with Gasteiger partial charge in [0.25, 0.3) is 0 Å². The minimum atomic E-state index is -1.65. The van der Waals surface area contributed by atoms with Gasteiger partial charge in [0.1, 0.15) is 42.7 Å². The van der Waals surface area contributed by atoms with Crippen molar-refractivity contribution >= 4 is 15.9 Å². The molecule has 10 nitrogen and oxygen atoms in total. The van der Waals surface area contributed by atoms with Gasteiger partial charge in [-0.3, -0.25) is 0 Å². The molecule has 11 heteroatoms. The number of ether oxygens (including phenoxy) is 3. The van der Waals surface area contributed by atoms with Gasteiger partial charge in [0.15, 0.2) is 12.6 Å². The van der Waals surface area contributed by atoms with Crippen LogP contribution in [0.1, 0.15) is 0 Å². The molecule has 0 aromatic carbocycles. The summed E-state index contributed by atoms with van der Waals surface area (Å²) >= 11 is 3.02. The molecule has 2 aliphatic heterocycles. The zero-order valence-corrected chi connectivity index (χ0v) is 13.5. The van der Waals surface area contributed by atoms with Crippen LogP contribution in [-0.2, 0) is 14.2 Å². The van der Waals surface area contributed by atoms with Crippen molar-refractivity contribution in [3.05, 3.63) is 0 Å². The summed E-state index contributed by atoms with van der Waals surface area (Å²) in [5.41, 5.74) is 0. The summed E-state index contributed by atoms with van der Waals surface area (Å²) < 4.78 is 15.7. The lowest BCUT2D eigenvalue weighted by Crippen LogP contribution is -2.63. The Morgan fingerprint density at radius 1 is 0.783 bits per heavy atom. The SMILES string of the molecule is OCC1OC(O[C@@H]2C(CO)O[C@@H](O)[C@H](Br)C2O)[C@@H](O)C(O)[C@H]1O. The van der Waals surface area contributed by atoms with Crippen molar-refractivity contribution < 1.29 is 50.0 Å². The molecule has 2 heterocycles. The minimum Gasteiger partial charge on any atom is -0.394 e. The first-order chi connectivity index (χ1) is 10.8. The van der Waals surface area contributed by atoms with E-state index in [1.807, 2.05) is 0 Å². The molecule has 23 heavy (non-hydrogen) atoms. The summed E-state index contributed by atoms with van der Waals surface area (Å²) in [5, 5.41) is 67.5. The highest BCUT2D eigenvalue weighted by molar-refractivity contribution is 9.09. The summed E-state index contributed by atoms with van der Waals surface area (Å²) in [6.45, 7) is -1.21. The predicted molar refractivity (Wildman–Crippen MR) is 75.3 cm³/mol. The molecule has 5 unspecified atom stereocenters. The van der Waals surface area contributed by atoms with Crippen molar-refractivity contribution in [2.75, 3.05) is 13.2 Å². The van der Waals surface area contributed by atoms with Crippen LogP contribution in [0.5, 0.6) is 0 Å². The molecular weight excluding hydrogens is 384 g/mol. The van der Waals surface area contributed by atoms with Crippen molar-refractivity contribution in [1.82, 2.24) is 0 Å². The number of hydrogen-bond acceptors (Lipinski definition) is 10. The summed E-state index contributed by atoms with van der Waals surface area (Å²) in [5.74, 6) is 0. The van der Waals surface area contributed by atoms with Crippen LogP contribution in [0.3, 0.4) is 0 Å². The van der Waals surface area contributed by atoms with Crippen molar-refractivity contribution in [3.8, 4) is 0 Å². The van der Waals surface area contributed by atoms with Gasteiger partial charge in [-0.25, -0.2) is 0 Å². The van der Waals surface area contributed by atoms with Gasteiger partial charge in [0.05, 0.1) is 18.0 Å². The highest BCUT2D eigenvalue weighted by Crippen LogP contribution is 2.30. The molecule has 0 aromatic heterocycles. The second-order valence-corrected chi connectivity index (χ2v) is 6.54. The summed E-state index contributed by atoms with van der Waals surface area (Å²) in [6, 6.07) is 0. The average molecular weight is 405 g/mol. The van der Waals surface area contributed by atoms with Crippen LogP contribution in [0.4, 0.5) is 0 Å². The fraction of sp³-hybridized carbons (Fsp3) is 1.00. The second kappa shape index (κ2) is 7.97. The van der Waals surface area contributed by atoms with E-state index in [9.17, 15) is 30.6 Å². The number of hydrogen-bond donors (Lipinski definition) is 7. The Hall–Kier alpha value is 0.0800. The van der Waals surface area contributed by atoms with Gasteiger partial charge in [0, 0.05) is 0 Å². The molecule has 0 radical (unpaired) electrons. The van der Waals surface area contributed by atoms with Gasteiger partial charge in [-0.15, -0.1) is 0 Å². The number of aliphatic hydroxyl groups is 7. The molecule has 0 saturated carbocycles. The number of alkyl halides is 1. The van der Waals surface area contributed by atoms with Gasteiger partial charge < -0.3 is 50.0 Å². The Morgan fingerprint density at radius 2 is 1.39 bits per heavy atom. The van der Waals surface area contributed by atoms with Crippen molar-refractivity contribution in [2.24, 2.45) is 0 Å². The normalized spacial score (nSPS) is 51.7. The first kappa shape index (κ1) is 19.4. The first-order valence-corrected chi connectivity index (χ1v) is 7.95. The second-order valence-electron chi connectivity index (χ2n) is 5.48. The molecule has 2 rings (SSSR count). The van der Waals surface area contributed by atoms with Crippen LogP contribution >= 0.6 is 15.9 Å². The third-order valence-corrected chi connectivity index (χ3v) is 4.93. The lowest BCUT2D eigenvalue weighted by molar-refractivity contribution is -0.340. The highest BCUT2D eigenvalue weighted by atomic mass is 79.9. The smallest absolute Gasteiger partial charge is 0.187 e. The standard InChI is InChI=1S/C12H21BrO10/c13-5-7(17)10(4(2-15)21-11(5)20)23-12-9(19)8(18)6(16)3(1-14)22-12/h3-12,14-20H,1-2H2/t3?,4?,5-,6+,7?,8?,9+,10-,11-,12?/m1/s1. The van der Waals surface area contributed by atoms with Crippen LogP contribution in [0.2, 0.25) is 0 Å². The fourth-order valence-electron chi connectivity index (χ4n) is 2.55. The van der Waals surface area contributed by atoms with Gasteiger partial charge in [-0.1, -0.05) is 15.9 Å². The topological polar surface area (TPSA) is 169 Å². The molecule has 0 bridgehead atoms. The van der Waals surface area contributed by atoms with E-state index in [4.69, 9.17) is 19.3 Å². The highest BCUT2D eigenvalue weighted by Gasteiger charge is 2.49. The lowest BCUT2D eigenvalue weighted by atomic mass is 9.98. The summed E-state index contributed by atoms with van der Waals surface area (Å²) in [4.78, 5) is -0.916. The number of aliphatic hydroxyl groups excluding tert-OH is 7. The van der Waals surface area contributed by atoms with E-state index in [1.54, 1.807) is 0 Å². The predicted octanol–water partition coefficient (Wildman–Crippen LogP) is -3.99. The zero-order chi connectivity index (χ0) is 17.3. The van der Waals surface area contributed by atoms with Gasteiger partial charge >= 0.3 is 0 Å². The largest absolute Gasteiger partial charge is 0.394 e. The molecule has 10 atom stereocenters. The average Bonchev–Trinajstić information content (AvgIpc) is 2.55. The summed E-state index contributed by atoms with van der Waals surface area (Å²) in [7, 11) is 0. The van der Waals surface area contributed by atoms with Crippen LogP contribution in [0.15, 0.2) is 0 Å². The van der Waals surface area contributed by atoms with Gasteiger partial charge in [0.2, 0.25) is 0 Å². The Balaban J connectivity index is 2.11. The molecular formula is C12H21BrO10. The van der Waals surface area contributed by atoms with Crippen LogP contribution in [0.25, 0.3) is 0 Å². The van der Waals surface area contributed by atoms with Crippen molar-refractivity contribution in [3.63, 3.8) is 0 Å². The van der Waals surface area contributed by atoms with Gasteiger partial charge in [-0.2, -0.15) is 0 Å². The van der Waals surface area contributed by atoms with Crippen LogP contribution < -0.4 is 0 Å². The van der Waals surface area contributed by atoms with E-state index in [1.165, 1.54) is 0 Å². The maximum Gasteiger partial charge on any atom is 0.187 e. The Bertz CT molecular complexity index is 383. The Kier molecular flexibility index (Phi) is 6.73. The molecule has 0 aromatic rings. The zero-order valence-electron chi connectivity index (χ0n) is 11.9. The molecule has 2 fully saturated rings. The minimum absolute atomic E-state index is 0.587. The van der Waals surface area contributed by atoms with Crippen LogP contribution in [-0.4, -0.2) is 109 Å². The summed E-state index contributed by atoms with van der Waals surface area (Å²) in [6.07, 6.45) is -12.5.